The Kier molecular flexibility index (Phi) is 5.67. The number of rotatable bonds is 6. The van der Waals surface area contributed by atoms with Crippen LogP contribution in [-0.4, -0.2) is 42.2 Å². The van der Waals surface area contributed by atoms with E-state index in [1.165, 1.54) is 0 Å². The molecule has 0 N–H and O–H groups in total. The Labute approximate surface area is 155 Å². The van der Waals surface area contributed by atoms with Gasteiger partial charge < -0.3 is 4.74 Å². The van der Waals surface area contributed by atoms with E-state index in [0.717, 1.165) is 30.8 Å². The molecule has 1 aliphatic heterocycles. The molecule has 2 heterocycles. The highest BCUT2D eigenvalue weighted by Gasteiger charge is 2.29. The smallest absolute Gasteiger partial charge is 0.243 e. The Bertz CT molecular complexity index is 835. The van der Waals surface area contributed by atoms with Gasteiger partial charge >= 0.3 is 0 Å². The van der Waals surface area contributed by atoms with E-state index in [1.807, 2.05) is 18.5 Å². The monoisotopic (exact) mass is 377 g/mol. The predicted octanol–water partition coefficient (Wildman–Crippen LogP) is 3.00. The van der Waals surface area contributed by atoms with Crippen LogP contribution in [0.15, 0.2) is 35.2 Å². The third-order valence-electron chi connectivity index (χ3n) is 4.88. The van der Waals surface area contributed by atoms with Crippen molar-refractivity contribution < 1.29 is 13.2 Å². The van der Waals surface area contributed by atoms with Crippen molar-refractivity contribution in [1.29, 1.82) is 0 Å². The van der Waals surface area contributed by atoms with Crippen molar-refractivity contribution in [3.8, 4) is 5.75 Å². The second-order valence-corrected chi connectivity index (χ2v) is 8.80. The second kappa shape index (κ2) is 7.80. The number of aromatic nitrogens is 2. The summed E-state index contributed by atoms with van der Waals surface area (Å²) in [6.07, 6.45) is 1.71. The van der Waals surface area contributed by atoms with Gasteiger partial charge in [0.1, 0.15) is 5.75 Å². The second-order valence-electron chi connectivity index (χ2n) is 6.86. The van der Waals surface area contributed by atoms with Gasteiger partial charge in [0.15, 0.2) is 0 Å². The maximum atomic E-state index is 12.8. The molecule has 0 radical (unpaired) electrons. The van der Waals surface area contributed by atoms with Crippen LogP contribution in [0.25, 0.3) is 0 Å². The van der Waals surface area contributed by atoms with Crippen LogP contribution in [-0.2, 0) is 16.6 Å². The van der Waals surface area contributed by atoms with E-state index < -0.39 is 10.0 Å². The van der Waals surface area contributed by atoms with Crippen molar-refractivity contribution in [2.24, 2.45) is 5.92 Å². The molecule has 1 saturated heterocycles. The minimum absolute atomic E-state index is 0.331. The summed E-state index contributed by atoms with van der Waals surface area (Å²) < 4.78 is 34.7. The van der Waals surface area contributed by atoms with Crippen LogP contribution < -0.4 is 4.74 Å². The first-order valence-electron chi connectivity index (χ1n) is 9.14. The molecule has 0 unspecified atom stereocenters. The summed E-state index contributed by atoms with van der Waals surface area (Å²) in [4.78, 5) is 0.331. The number of ether oxygens (including phenoxy) is 1. The lowest BCUT2D eigenvalue weighted by atomic mass is 9.98. The number of sulfonamides is 1. The summed E-state index contributed by atoms with van der Waals surface area (Å²) in [7, 11) is -3.44. The fraction of sp³-hybridized carbons (Fsp3) is 0.526. The van der Waals surface area contributed by atoms with Gasteiger partial charge in [-0.25, -0.2) is 8.42 Å². The van der Waals surface area contributed by atoms with E-state index >= 15 is 0 Å². The Morgan fingerprint density at radius 2 is 1.81 bits per heavy atom. The molecule has 1 aliphatic rings. The number of benzene rings is 1. The Morgan fingerprint density at radius 1 is 1.15 bits per heavy atom. The first kappa shape index (κ1) is 18.9. The standard InChI is InChI=1S/C19H27N3O3S/c1-4-25-18-5-7-19(8-6-18)26(23,24)21-11-9-17(10-12-21)14-22-16(3)13-15(2)20-22/h5-8,13,17H,4,9-12,14H2,1-3H3. The molecular formula is C19H27N3O3S. The molecule has 0 atom stereocenters. The third kappa shape index (κ3) is 4.10. The molecule has 1 aromatic carbocycles. The summed E-state index contributed by atoms with van der Waals surface area (Å²) >= 11 is 0. The van der Waals surface area contributed by atoms with E-state index in [1.54, 1.807) is 28.6 Å². The van der Waals surface area contributed by atoms with Gasteiger partial charge in [0, 0.05) is 25.3 Å². The molecule has 1 aromatic heterocycles. The zero-order valence-corrected chi connectivity index (χ0v) is 16.5. The molecule has 0 amide bonds. The van der Waals surface area contributed by atoms with Crippen molar-refractivity contribution in [2.75, 3.05) is 19.7 Å². The molecule has 7 heteroatoms. The first-order valence-corrected chi connectivity index (χ1v) is 10.6. The highest BCUT2D eigenvalue weighted by Crippen LogP contribution is 2.26. The van der Waals surface area contributed by atoms with E-state index in [9.17, 15) is 8.42 Å². The molecular weight excluding hydrogens is 350 g/mol. The largest absolute Gasteiger partial charge is 0.494 e. The van der Waals surface area contributed by atoms with Gasteiger partial charge in [0.25, 0.3) is 0 Å². The maximum absolute atomic E-state index is 12.8. The quantitative estimate of drug-likeness (QED) is 0.776. The van der Waals surface area contributed by atoms with E-state index in [-0.39, 0.29) is 0 Å². The highest BCUT2D eigenvalue weighted by atomic mass is 32.2. The fourth-order valence-corrected chi connectivity index (χ4v) is 4.93. The molecule has 0 aliphatic carbocycles. The molecule has 0 bridgehead atoms. The number of piperidine rings is 1. The minimum Gasteiger partial charge on any atom is -0.494 e. The van der Waals surface area contributed by atoms with Crippen molar-refractivity contribution in [2.45, 2.75) is 45.1 Å². The molecule has 0 saturated carbocycles. The summed E-state index contributed by atoms with van der Waals surface area (Å²) in [6.45, 7) is 8.49. The molecule has 6 nitrogen and oxygen atoms in total. The fourth-order valence-electron chi connectivity index (χ4n) is 3.46. The summed E-state index contributed by atoms with van der Waals surface area (Å²) in [5.74, 6) is 1.15. The summed E-state index contributed by atoms with van der Waals surface area (Å²) in [5, 5.41) is 4.52. The average Bonchev–Trinajstić information content (AvgIpc) is 2.93. The van der Waals surface area contributed by atoms with Crippen LogP contribution in [0.1, 0.15) is 31.2 Å². The molecule has 142 valence electrons. The van der Waals surface area contributed by atoms with Crippen LogP contribution in [0.2, 0.25) is 0 Å². The zero-order chi connectivity index (χ0) is 18.7. The van der Waals surface area contributed by atoms with Crippen LogP contribution in [0, 0.1) is 19.8 Å². The van der Waals surface area contributed by atoms with Crippen LogP contribution in [0.4, 0.5) is 0 Å². The lowest BCUT2D eigenvalue weighted by Crippen LogP contribution is -2.39. The number of hydrogen-bond donors (Lipinski definition) is 0. The van der Waals surface area contributed by atoms with Gasteiger partial charge in [0.05, 0.1) is 17.2 Å². The number of hydrogen-bond acceptors (Lipinski definition) is 4. The van der Waals surface area contributed by atoms with Crippen molar-refractivity contribution in [3.63, 3.8) is 0 Å². The Hall–Kier alpha value is -1.86. The molecule has 0 spiro atoms. The van der Waals surface area contributed by atoms with Crippen molar-refractivity contribution >= 4 is 10.0 Å². The molecule has 1 fully saturated rings. The lowest BCUT2D eigenvalue weighted by molar-refractivity contribution is 0.246. The maximum Gasteiger partial charge on any atom is 0.243 e. The van der Waals surface area contributed by atoms with Gasteiger partial charge in [-0.05, 0) is 69.9 Å². The van der Waals surface area contributed by atoms with Crippen molar-refractivity contribution in [1.82, 2.24) is 14.1 Å². The first-order chi connectivity index (χ1) is 12.4. The van der Waals surface area contributed by atoms with Crippen LogP contribution in [0.5, 0.6) is 5.75 Å². The minimum atomic E-state index is -3.44. The zero-order valence-electron chi connectivity index (χ0n) is 15.7. The SMILES string of the molecule is CCOc1ccc(S(=O)(=O)N2CCC(Cn3nc(C)cc3C)CC2)cc1. The van der Waals surface area contributed by atoms with E-state index in [2.05, 4.69) is 18.1 Å². The average molecular weight is 378 g/mol. The van der Waals surface area contributed by atoms with Gasteiger partial charge in [-0.2, -0.15) is 9.40 Å². The topological polar surface area (TPSA) is 64.4 Å². The van der Waals surface area contributed by atoms with Gasteiger partial charge in [-0.1, -0.05) is 0 Å². The molecule has 3 rings (SSSR count). The highest BCUT2D eigenvalue weighted by molar-refractivity contribution is 7.89. The van der Waals surface area contributed by atoms with E-state index in [0.29, 0.717) is 36.3 Å². The van der Waals surface area contributed by atoms with Gasteiger partial charge in [-0.15, -0.1) is 0 Å². The Balaban J connectivity index is 1.62. The predicted molar refractivity (Wildman–Crippen MR) is 101 cm³/mol. The molecule has 26 heavy (non-hydrogen) atoms. The normalized spacial score (nSPS) is 16.7. The van der Waals surface area contributed by atoms with Gasteiger partial charge in [-0.3, -0.25) is 4.68 Å². The number of nitrogens with zero attached hydrogens (tertiary/aromatic N) is 3. The summed E-state index contributed by atoms with van der Waals surface area (Å²) in [5.41, 5.74) is 2.19. The van der Waals surface area contributed by atoms with Crippen LogP contribution in [0.3, 0.4) is 0 Å². The van der Waals surface area contributed by atoms with Gasteiger partial charge in [0.2, 0.25) is 10.0 Å². The lowest BCUT2D eigenvalue weighted by Gasteiger charge is -2.31. The van der Waals surface area contributed by atoms with E-state index in [4.69, 9.17) is 4.74 Å². The van der Waals surface area contributed by atoms with Crippen molar-refractivity contribution in [3.05, 3.63) is 41.7 Å². The molecule has 2 aromatic rings. The third-order valence-corrected chi connectivity index (χ3v) is 6.79. The Morgan fingerprint density at radius 3 is 2.35 bits per heavy atom. The summed E-state index contributed by atoms with van der Waals surface area (Å²) in [6, 6.07) is 8.76. The van der Waals surface area contributed by atoms with Crippen LogP contribution >= 0.6 is 0 Å². The number of aryl methyl sites for hydroxylation is 2.